The van der Waals surface area contributed by atoms with Crippen LogP contribution in [-0.2, 0) is 21.2 Å². The fourth-order valence-electron chi connectivity index (χ4n) is 3.77. The number of hydrogen-bond donors (Lipinski definition) is 1. The number of carbonyl (C=O) groups is 1. The smallest absolute Gasteiger partial charge is 0.251 e. The Kier molecular flexibility index (Phi) is 7.45. The number of morpholine rings is 1. The molecule has 1 aliphatic heterocycles. The Labute approximate surface area is 199 Å². The van der Waals surface area contributed by atoms with Gasteiger partial charge in [0.2, 0.25) is 10.0 Å². The molecule has 0 aliphatic carbocycles. The first kappa shape index (κ1) is 23.4. The summed E-state index contributed by atoms with van der Waals surface area (Å²) < 4.78 is 32.7. The van der Waals surface area contributed by atoms with Crippen LogP contribution in [0.3, 0.4) is 0 Å². The lowest BCUT2D eigenvalue weighted by Crippen LogP contribution is -2.40. The number of sulfonamides is 1. The Morgan fingerprint density at radius 2 is 1.67 bits per heavy atom. The van der Waals surface area contributed by atoms with E-state index in [9.17, 15) is 13.2 Å². The van der Waals surface area contributed by atoms with E-state index in [0.717, 1.165) is 11.1 Å². The van der Waals surface area contributed by atoms with Gasteiger partial charge in [-0.1, -0.05) is 60.1 Å². The number of benzene rings is 3. The van der Waals surface area contributed by atoms with E-state index in [-0.39, 0.29) is 16.8 Å². The molecule has 6 nitrogen and oxygen atoms in total. The molecule has 8 heteroatoms. The van der Waals surface area contributed by atoms with Crippen molar-refractivity contribution in [1.82, 2.24) is 9.62 Å². The summed E-state index contributed by atoms with van der Waals surface area (Å²) in [6, 6.07) is 23.1. The van der Waals surface area contributed by atoms with Crippen LogP contribution in [0, 0.1) is 0 Å². The van der Waals surface area contributed by atoms with Crippen LogP contribution < -0.4 is 5.32 Å². The zero-order valence-electron chi connectivity index (χ0n) is 18.0. The predicted molar refractivity (Wildman–Crippen MR) is 128 cm³/mol. The Hall–Kier alpha value is -2.71. The SMILES string of the molecule is O=C(NC(Cc1ccc(Cl)cc1)c1ccccc1)c1cccc(S(=O)(=O)N2CCOCC2)c1. The number of carbonyl (C=O) groups excluding carboxylic acids is 1. The fourth-order valence-corrected chi connectivity index (χ4v) is 5.35. The first-order valence-corrected chi connectivity index (χ1v) is 12.5. The largest absolute Gasteiger partial charge is 0.379 e. The monoisotopic (exact) mass is 484 g/mol. The van der Waals surface area contributed by atoms with Crippen molar-refractivity contribution in [2.24, 2.45) is 0 Å². The van der Waals surface area contributed by atoms with Crippen molar-refractivity contribution in [3.63, 3.8) is 0 Å². The average Bonchev–Trinajstić information content (AvgIpc) is 2.86. The van der Waals surface area contributed by atoms with Crippen molar-refractivity contribution in [1.29, 1.82) is 0 Å². The highest BCUT2D eigenvalue weighted by Gasteiger charge is 2.27. The van der Waals surface area contributed by atoms with Crippen molar-refractivity contribution >= 4 is 27.5 Å². The van der Waals surface area contributed by atoms with Crippen molar-refractivity contribution in [3.8, 4) is 0 Å². The molecule has 1 atom stereocenters. The maximum absolute atomic E-state index is 13.2. The maximum atomic E-state index is 13.2. The Bertz CT molecular complexity index is 1190. The molecule has 172 valence electrons. The second-order valence-electron chi connectivity index (χ2n) is 7.81. The molecule has 1 aliphatic rings. The Morgan fingerprint density at radius 1 is 0.970 bits per heavy atom. The summed E-state index contributed by atoms with van der Waals surface area (Å²) in [5.74, 6) is -0.336. The van der Waals surface area contributed by atoms with Gasteiger partial charge in [0.15, 0.2) is 0 Å². The lowest BCUT2D eigenvalue weighted by atomic mass is 9.98. The van der Waals surface area contributed by atoms with E-state index in [2.05, 4.69) is 5.32 Å². The van der Waals surface area contributed by atoms with Crippen LogP contribution in [0.25, 0.3) is 0 Å². The van der Waals surface area contributed by atoms with E-state index in [1.165, 1.54) is 16.4 Å². The number of ether oxygens (including phenoxy) is 1. The van der Waals surface area contributed by atoms with Gasteiger partial charge in [-0.3, -0.25) is 4.79 Å². The molecule has 4 rings (SSSR count). The van der Waals surface area contributed by atoms with Gasteiger partial charge < -0.3 is 10.1 Å². The van der Waals surface area contributed by atoms with Gasteiger partial charge in [0.25, 0.3) is 5.91 Å². The maximum Gasteiger partial charge on any atom is 0.251 e. The second-order valence-corrected chi connectivity index (χ2v) is 10.2. The highest BCUT2D eigenvalue weighted by atomic mass is 35.5. The van der Waals surface area contributed by atoms with E-state index in [1.807, 2.05) is 54.6 Å². The van der Waals surface area contributed by atoms with Crippen molar-refractivity contribution < 1.29 is 17.9 Å². The standard InChI is InChI=1S/C25H25ClN2O4S/c26-22-11-9-19(10-12-22)17-24(20-5-2-1-3-6-20)27-25(29)21-7-4-8-23(18-21)33(30,31)28-13-15-32-16-14-28/h1-12,18,24H,13-17H2,(H,27,29). The molecule has 0 radical (unpaired) electrons. The van der Waals surface area contributed by atoms with Crippen LogP contribution in [0.2, 0.25) is 5.02 Å². The molecule has 3 aromatic rings. The van der Waals surface area contributed by atoms with E-state index >= 15 is 0 Å². The third-order valence-electron chi connectivity index (χ3n) is 5.56. The Morgan fingerprint density at radius 3 is 2.36 bits per heavy atom. The highest BCUT2D eigenvalue weighted by molar-refractivity contribution is 7.89. The fraction of sp³-hybridized carbons (Fsp3) is 0.240. The van der Waals surface area contributed by atoms with Crippen molar-refractivity contribution in [2.45, 2.75) is 17.4 Å². The summed E-state index contributed by atoms with van der Waals surface area (Å²) in [7, 11) is -3.69. The third kappa shape index (κ3) is 5.81. The minimum absolute atomic E-state index is 0.103. The van der Waals surface area contributed by atoms with Gasteiger partial charge in [0.1, 0.15) is 0 Å². The summed E-state index contributed by atoms with van der Waals surface area (Å²) in [5, 5.41) is 3.72. The zero-order valence-corrected chi connectivity index (χ0v) is 19.6. The van der Waals surface area contributed by atoms with Crippen LogP contribution in [0.1, 0.15) is 27.5 Å². The third-order valence-corrected chi connectivity index (χ3v) is 7.71. The molecule has 1 unspecified atom stereocenters. The highest BCUT2D eigenvalue weighted by Crippen LogP contribution is 2.22. The average molecular weight is 485 g/mol. The number of halogens is 1. The van der Waals surface area contributed by atoms with E-state index in [1.54, 1.807) is 12.1 Å². The number of nitrogens with zero attached hydrogens (tertiary/aromatic N) is 1. The minimum Gasteiger partial charge on any atom is -0.379 e. The summed E-state index contributed by atoms with van der Waals surface area (Å²) in [5.41, 5.74) is 2.27. The first-order valence-electron chi connectivity index (χ1n) is 10.7. The van der Waals surface area contributed by atoms with Crippen molar-refractivity contribution in [2.75, 3.05) is 26.3 Å². The number of nitrogens with one attached hydrogen (secondary N) is 1. The molecule has 1 saturated heterocycles. The molecule has 1 heterocycles. The minimum atomic E-state index is -3.69. The van der Waals surface area contributed by atoms with Crippen LogP contribution in [0.4, 0.5) is 0 Å². The molecule has 0 spiro atoms. The van der Waals surface area contributed by atoms with Gasteiger partial charge in [0.05, 0.1) is 24.2 Å². The summed E-state index contributed by atoms with van der Waals surface area (Å²) in [4.78, 5) is 13.3. The molecular formula is C25H25ClN2O4S. The molecule has 0 bridgehead atoms. The van der Waals surface area contributed by atoms with Crippen molar-refractivity contribution in [3.05, 3.63) is 101 Å². The molecule has 33 heavy (non-hydrogen) atoms. The topological polar surface area (TPSA) is 75.7 Å². The number of hydrogen-bond acceptors (Lipinski definition) is 4. The molecule has 1 amide bonds. The Balaban J connectivity index is 1.56. The van der Waals surface area contributed by atoms with Crippen LogP contribution in [0.15, 0.2) is 83.8 Å². The second kappa shape index (κ2) is 10.5. The van der Waals surface area contributed by atoms with Crippen LogP contribution in [-0.4, -0.2) is 44.9 Å². The molecule has 1 fully saturated rings. The predicted octanol–water partition coefficient (Wildman–Crippen LogP) is 4.07. The molecule has 0 aromatic heterocycles. The summed E-state index contributed by atoms with van der Waals surface area (Å²) in [6.07, 6.45) is 0.568. The van der Waals surface area contributed by atoms with Gasteiger partial charge in [0, 0.05) is 23.7 Å². The van der Waals surface area contributed by atoms with Gasteiger partial charge in [-0.15, -0.1) is 0 Å². The van der Waals surface area contributed by atoms with E-state index in [0.29, 0.717) is 43.3 Å². The van der Waals surface area contributed by atoms with Gasteiger partial charge in [-0.2, -0.15) is 4.31 Å². The summed E-state index contributed by atoms with van der Waals surface area (Å²) >= 11 is 6.01. The molecule has 3 aromatic carbocycles. The van der Waals surface area contributed by atoms with Gasteiger partial charge in [-0.05, 0) is 47.9 Å². The van der Waals surface area contributed by atoms with E-state index in [4.69, 9.17) is 16.3 Å². The van der Waals surface area contributed by atoms with Gasteiger partial charge >= 0.3 is 0 Å². The summed E-state index contributed by atoms with van der Waals surface area (Å²) in [6.45, 7) is 1.33. The molecular weight excluding hydrogens is 460 g/mol. The number of rotatable bonds is 7. The normalized spacial score (nSPS) is 15.7. The molecule has 0 saturated carbocycles. The van der Waals surface area contributed by atoms with Gasteiger partial charge in [-0.25, -0.2) is 8.42 Å². The lowest BCUT2D eigenvalue weighted by Gasteiger charge is -2.26. The van der Waals surface area contributed by atoms with E-state index < -0.39 is 10.0 Å². The quantitative estimate of drug-likeness (QED) is 0.548. The lowest BCUT2D eigenvalue weighted by molar-refractivity contribution is 0.0730. The number of amides is 1. The zero-order chi connectivity index (χ0) is 23.3. The first-order chi connectivity index (χ1) is 15.9. The molecule has 1 N–H and O–H groups in total. The van der Waals surface area contributed by atoms with Crippen LogP contribution >= 0.6 is 11.6 Å². The van der Waals surface area contributed by atoms with Crippen LogP contribution in [0.5, 0.6) is 0 Å².